The second kappa shape index (κ2) is 2.50. The molecule has 11 heavy (non-hydrogen) atoms. The molecular formula is C9H16O2. The zero-order valence-electron chi connectivity index (χ0n) is 7.68. The zero-order valence-corrected chi connectivity index (χ0v) is 7.68. The number of esters is 1. The van der Waals surface area contributed by atoms with Crippen LogP contribution in [0.4, 0.5) is 0 Å². The Morgan fingerprint density at radius 1 is 1.45 bits per heavy atom. The summed E-state index contributed by atoms with van der Waals surface area (Å²) in [5.41, 5.74) is 0.0574. The largest absolute Gasteiger partial charge is 0.462 e. The molecule has 2 nitrogen and oxygen atoms in total. The van der Waals surface area contributed by atoms with Gasteiger partial charge in [0.2, 0.25) is 0 Å². The first-order valence-electron chi connectivity index (χ1n) is 4.12. The highest BCUT2D eigenvalue weighted by atomic mass is 16.5. The molecule has 1 rings (SSSR count). The maximum atomic E-state index is 11.2. The van der Waals surface area contributed by atoms with Crippen molar-refractivity contribution >= 4 is 5.97 Å². The van der Waals surface area contributed by atoms with Gasteiger partial charge in [-0.2, -0.15) is 0 Å². The van der Waals surface area contributed by atoms with Gasteiger partial charge in [0.15, 0.2) is 0 Å². The van der Waals surface area contributed by atoms with Crippen LogP contribution in [0.15, 0.2) is 0 Å². The number of cyclic esters (lactones) is 1. The lowest BCUT2D eigenvalue weighted by molar-refractivity contribution is -0.146. The number of hydrogen-bond donors (Lipinski definition) is 0. The highest BCUT2D eigenvalue weighted by molar-refractivity contribution is 5.75. The second-order valence-electron chi connectivity index (χ2n) is 4.40. The average Bonchev–Trinajstić information content (AvgIpc) is 2.08. The molecule has 1 unspecified atom stereocenters. The van der Waals surface area contributed by atoms with Gasteiger partial charge in [0.05, 0.1) is 12.0 Å². The van der Waals surface area contributed by atoms with Crippen molar-refractivity contribution in [2.75, 3.05) is 0 Å². The zero-order chi connectivity index (χ0) is 8.65. The third-order valence-corrected chi connectivity index (χ3v) is 2.21. The fraction of sp³-hybridized carbons (Fsp3) is 0.889. The monoisotopic (exact) mass is 156 g/mol. The Morgan fingerprint density at radius 2 is 2.00 bits per heavy atom. The van der Waals surface area contributed by atoms with Crippen molar-refractivity contribution in [3.63, 3.8) is 0 Å². The van der Waals surface area contributed by atoms with Crippen molar-refractivity contribution in [1.82, 2.24) is 0 Å². The molecule has 0 aromatic carbocycles. The first-order valence-corrected chi connectivity index (χ1v) is 4.12. The summed E-state index contributed by atoms with van der Waals surface area (Å²) in [5.74, 6) is 0.0718. The third kappa shape index (κ3) is 1.73. The fourth-order valence-electron chi connectivity index (χ4n) is 1.46. The second-order valence-corrected chi connectivity index (χ2v) is 4.40. The van der Waals surface area contributed by atoms with Crippen molar-refractivity contribution in [3.05, 3.63) is 0 Å². The van der Waals surface area contributed by atoms with Crippen molar-refractivity contribution in [3.8, 4) is 0 Å². The molecule has 1 fully saturated rings. The van der Waals surface area contributed by atoms with Gasteiger partial charge in [-0.1, -0.05) is 20.8 Å². The fourth-order valence-corrected chi connectivity index (χ4v) is 1.46. The first kappa shape index (κ1) is 8.57. The Kier molecular flexibility index (Phi) is 1.95. The van der Waals surface area contributed by atoms with Crippen molar-refractivity contribution in [1.29, 1.82) is 0 Å². The molecular weight excluding hydrogens is 140 g/mol. The Hall–Kier alpha value is -0.530. The van der Waals surface area contributed by atoms with Crippen LogP contribution in [-0.2, 0) is 9.53 Å². The molecule has 1 aliphatic heterocycles. The Morgan fingerprint density at radius 3 is 2.18 bits per heavy atom. The number of hydrogen-bond acceptors (Lipinski definition) is 2. The minimum absolute atomic E-state index is 0.0231. The van der Waals surface area contributed by atoms with E-state index in [9.17, 15) is 4.79 Å². The molecule has 0 bridgehead atoms. The van der Waals surface area contributed by atoms with Crippen molar-refractivity contribution in [2.24, 2.45) is 11.3 Å². The summed E-state index contributed by atoms with van der Waals surface area (Å²) in [7, 11) is 0. The summed E-state index contributed by atoms with van der Waals surface area (Å²) >= 11 is 0. The topological polar surface area (TPSA) is 26.3 Å². The molecule has 2 heteroatoms. The van der Waals surface area contributed by atoms with E-state index in [4.69, 9.17) is 4.74 Å². The van der Waals surface area contributed by atoms with E-state index in [-0.39, 0.29) is 23.4 Å². The van der Waals surface area contributed by atoms with Gasteiger partial charge in [0, 0.05) is 0 Å². The van der Waals surface area contributed by atoms with E-state index in [1.165, 1.54) is 0 Å². The molecule has 0 radical (unpaired) electrons. The summed E-state index contributed by atoms with van der Waals surface area (Å²) < 4.78 is 5.06. The van der Waals surface area contributed by atoms with Crippen molar-refractivity contribution < 1.29 is 9.53 Å². The molecule has 0 saturated carbocycles. The molecule has 0 N–H and O–H groups in total. The summed E-state index contributed by atoms with van der Waals surface area (Å²) in [6, 6.07) is 0. The molecule has 1 saturated heterocycles. The van der Waals surface area contributed by atoms with Crippen LogP contribution in [0.3, 0.4) is 0 Å². The van der Waals surface area contributed by atoms with Crippen LogP contribution >= 0.6 is 0 Å². The Balaban J connectivity index is 2.68. The lowest BCUT2D eigenvalue weighted by atomic mass is 9.79. The van der Waals surface area contributed by atoms with Crippen LogP contribution in [0.5, 0.6) is 0 Å². The van der Waals surface area contributed by atoms with Gasteiger partial charge >= 0.3 is 5.97 Å². The lowest BCUT2D eigenvalue weighted by Gasteiger charge is -2.22. The SMILES string of the molecule is C[C@H]1CC(C(C)(C)C)C(=O)O1. The van der Waals surface area contributed by atoms with Gasteiger partial charge < -0.3 is 4.74 Å². The van der Waals surface area contributed by atoms with E-state index in [0.717, 1.165) is 6.42 Å². The Bertz CT molecular complexity index is 167. The predicted octanol–water partition coefficient (Wildman–Crippen LogP) is 1.98. The van der Waals surface area contributed by atoms with Crippen LogP contribution in [-0.4, -0.2) is 12.1 Å². The van der Waals surface area contributed by atoms with Crippen LogP contribution in [0.2, 0.25) is 0 Å². The quantitative estimate of drug-likeness (QED) is 0.501. The minimum Gasteiger partial charge on any atom is -0.462 e. The van der Waals surface area contributed by atoms with E-state index in [0.29, 0.717) is 0 Å². The molecule has 0 aromatic rings. The van der Waals surface area contributed by atoms with Crippen LogP contribution in [0.25, 0.3) is 0 Å². The Labute approximate surface area is 67.9 Å². The van der Waals surface area contributed by atoms with Gasteiger partial charge in [0.1, 0.15) is 0 Å². The molecule has 1 heterocycles. The van der Waals surface area contributed by atoms with Gasteiger partial charge in [0.25, 0.3) is 0 Å². The minimum atomic E-state index is -0.0231. The number of carbonyl (C=O) groups is 1. The van der Waals surface area contributed by atoms with Crippen LogP contribution < -0.4 is 0 Å². The highest BCUT2D eigenvalue weighted by Crippen LogP contribution is 2.35. The summed E-state index contributed by atoms with van der Waals surface area (Å²) in [6.07, 6.45) is 0.995. The number of rotatable bonds is 0. The van der Waals surface area contributed by atoms with Crippen LogP contribution in [0.1, 0.15) is 34.1 Å². The summed E-state index contributed by atoms with van der Waals surface area (Å²) in [4.78, 5) is 11.2. The van der Waals surface area contributed by atoms with E-state index in [1.807, 2.05) is 6.92 Å². The molecule has 0 amide bonds. The van der Waals surface area contributed by atoms with Gasteiger partial charge in [-0.3, -0.25) is 4.79 Å². The van der Waals surface area contributed by atoms with E-state index in [2.05, 4.69) is 20.8 Å². The molecule has 0 aromatic heterocycles. The normalized spacial score (nSPS) is 32.2. The van der Waals surface area contributed by atoms with E-state index in [1.54, 1.807) is 0 Å². The standard InChI is InChI=1S/C9H16O2/c1-6-5-7(8(10)11-6)9(2,3)4/h6-7H,5H2,1-4H3/t6-,7?/m0/s1. The molecule has 0 aliphatic carbocycles. The maximum absolute atomic E-state index is 11.2. The lowest BCUT2D eigenvalue weighted by Crippen LogP contribution is -2.24. The van der Waals surface area contributed by atoms with Gasteiger partial charge in [-0.25, -0.2) is 0 Å². The number of ether oxygens (including phenoxy) is 1. The van der Waals surface area contributed by atoms with Crippen molar-refractivity contribution in [2.45, 2.75) is 40.2 Å². The van der Waals surface area contributed by atoms with Crippen LogP contribution in [0, 0.1) is 11.3 Å². The third-order valence-electron chi connectivity index (χ3n) is 2.21. The summed E-state index contributed by atoms with van der Waals surface area (Å²) in [5, 5.41) is 0. The predicted molar refractivity (Wildman–Crippen MR) is 43.1 cm³/mol. The van der Waals surface area contributed by atoms with E-state index >= 15 is 0 Å². The maximum Gasteiger partial charge on any atom is 0.309 e. The molecule has 1 aliphatic rings. The molecule has 0 spiro atoms. The van der Waals surface area contributed by atoms with Gasteiger partial charge in [-0.15, -0.1) is 0 Å². The molecule has 64 valence electrons. The van der Waals surface area contributed by atoms with Gasteiger partial charge in [-0.05, 0) is 18.8 Å². The smallest absolute Gasteiger partial charge is 0.309 e. The first-order chi connectivity index (χ1) is 4.91. The highest BCUT2D eigenvalue weighted by Gasteiger charge is 2.39. The average molecular weight is 156 g/mol. The summed E-state index contributed by atoms with van der Waals surface area (Å²) in [6.45, 7) is 8.19. The number of carbonyl (C=O) groups excluding carboxylic acids is 1. The molecule has 2 atom stereocenters. The van der Waals surface area contributed by atoms with E-state index < -0.39 is 0 Å².